The van der Waals surface area contributed by atoms with Crippen LogP contribution in [-0.4, -0.2) is 41.1 Å². The second-order valence-electron chi connectivity index (χ2n) is 6.07. The number of sulfonamides is 1. The zero-order valence-electron chi connectivity index (χ0n) is 15.6. The van der Waals surface area contributed by atoms with Gasteiger partial charge in [0.15, 0.2) is 5.82 Å². The van der Waals surface area contributed by atoms with E-state index in [-0.39, 0.29) is 22.5 Å². The average Bonchev–Trinajstić information content (AvgIpc) is 3.07. The predicted molar refractivity (Wildman–Crippen MR) is 108 cm³/mol. The van der Waals surface area contributed by atoms with Gasteiger partial charge in [0.25, 0.3) is 15.9 Å². The summed E-state index contributed by atoms with van der Waals surface area (Å²) in [6.45, 7) is 2.11. The topological polar surface area (TPSA) is 162 Å². The second kappa shape index (κ2) is 7.48. The van der Waals surface area contributed by atoms with Crippen molar-refractivity contribution in [1.29, 1.82) is 0 Å². The van der Waals surface area contributed by atoms with Crippen molar-refractivity contribution in [3.8, 4) is 11.8 Å². The van der Waals surface area contributed by atoms with Crippen molar-refractivity contribution >= 4 is 43.7 Å². The van der Waals surface area contributed by atoms with Gasteiger partial charge in [-0.25, -0.2) is 18.2 Å². The summed E-state index contributed by atoms with van der Waals surface area (Å²) >= 11 is 0. The molecule has 0 saturated heterocycles. The summed E-state index contributed by atoms with van der Waals surface area (Å²) < 4.78 is 38.3. The first-order valence-electron chi connectivity index (χ1n) is 8.73. The van der Waals surface area contributed by atoms with E-state index in [0.717, 1.165) is 0 Å². The van der Waals surface area contributed by atoms with Crippen LogP contribution in [0.1, 0.15) is 6.92 Å². The van der Waals surface area contributed by atoms with E-state index in [0.29, 0.717) is 28.4 Å². The number of carbonyl (C=O) groups excluding carboxylic acids is 1. The molecule has 0 aliphatic rings. The highest BCUT2D eigenvalue weighted by atomic mass is 32.2. The number of fused-ring (bicyclic) bond motifs is 3. The van der Waals surface area contributed by atoms with Crippen LogP contribution in [0.3, 0.4) is 0 Å². The third kappa shape index (κ3) is 3.67. The lowest BCUT2D eigenvalue weighted by atomic mass is 10.2. The number of hydrogen-bond donors (Lipinski definition) is 3. The van der Waals surface area contributed by atoms with Gasteiger partial charge < -0.3 is 20.2 Å². The van der Waals surface area contributed by atoms with E-state index in [4.69, 9.17) is 15.2 Å². The highest BCUT2D eigenvalue weighted by Gasteiger charge is 2.20. The van der Waals surface area contributed by atoms with Gasteiger partial charge in [0.2, 0.25) is 5.88 Å². The molecule has 0 fully saturated rings. The Bertz CT molecular complexity index is 1350. The summed E-state index contributed by atoms with van der Waals surface area (Å²) in [6, 6.07) is 6.13. The van der Waals surface area contributed by atoms with E-state index >= 15 is 0 Å². The summed E-state index contributed by atoms with van der Waals surface area (Å²) in [5, 5.41) is 1.11. The smallest absolute Gasteiger partial charge is 0.411 e. The Labute approximate surface area is 170 Å². The molecular weight excluding hydrogens is 412 g/mol. The number of rotatable bonds is 6. The summed E-state index contributed by atoms with van der Waals surface area (Å²) in [4.78, 5) is 26.2. The van der Waals surface area contributed by atoms with Gasteiger partial charge in [0.1, 0.15) is 5.52 Å². The molecule has 0 radical (unpaired) electrons. The fourth-order valence-electron chi connectivity index (χ4n) is 2.93. The summed E-state index contributed by atoms with van der Waals surface area (Å²) in [5.41, 5.74) is 6.12. The molecule has 4 rings (SSSR count). The van der Waals surface area contributed by atoms with E-state index < -0.39 is 16.1 Å². The Morgan fingerprint density at radius 3 is 2.77 bits per heavy atom. The monoisotopic (exact) mass is 428 g/mol. The van der Waals surface area contributed by atoms with Gasteiger partial charge in [-0.05, 0) is 25.1 Å². The van der Waals surface area contributed by atoms with E-state index in [1.807, 2.05) is 0 Å². The van der Waals surface area contributed by atoms with E-state index in [1.54, 1.807) is 19.1 Å². The molecule has 1 amide bonds. The van der Waals surface area contributed by atoms with Crippen LogP contribution in [-0.2, 0) is 10.0 Å². The molecule has 0 aliphatic heterocycles. The Hall–Kier alpha value is -3.93. The fourth-order valence-corrected chi connectivity index (χ4v) is 3.95. The third-order valence-electron chi connectivity index (χ3n) is 4.11. The Morgan fingerprint density at radius 1 is 1.23 bits per heavy atom. The highest BCUT2D eigenvalue weighted by molar-refractivity contribution is 7.92. The van der Waals surface area contributed by atoms with Crippen LogP contribution in [0.4, 0.5) is 10.6 Å². The number of primary amides is 1. The molecule has 0 aliphatic carbocycles. The summed E-state index contributed by atoms with van der Waals surface area (Å²) in [5.74, 6) is 0.228. The quantitative estimate of drug-likeness (QED) is 0.421. The van der Waals surface area contributed by atoms with Crippen LogP contribution >= 0.6 is 0 Å². The minimum absolute atomic E-state index is 0.00805. The predicted octanol–water partition coefficient (Wildman–Crippen LogP) is 2.16. The molecule has 0 atom stereocenters. The van der Waals surface area contributed by atoms with Crippen LogP contribution in [0.25, 0.3) is 21.8 Å². The van der Waals surface area contributed by atoms with Crippen LogP contribution in [0, 0.1) is 0 Å². The van der Waals surface area contributed by atoms with Crippen LogP contribution < -0.4 is 19.9 Å². The minimum Gasteiger partial charge on any atom is -0.478 e. The number of aromatic amines is 1. The van der Waals surface area contributed by atoms with Crippen molar-refractivity contribution in [2.75, 3.05) is 11.3 Å². The number of amides is 1. The molecule has 30 heavy (non-hydrogen) atoms. The Morgan fingerprint density at radius 2 is 2.07 bits per heavy atom. The van der Waals surface area contributed by atoms with Gasteiger partial charge in [0, 0.05) is 34.7 Å². The van der Waals surface area contributed by atoms with Crippen LogP contribution in [0.5, 0.6) is 11.8 Å². The first-order valence-corrected chi connectivity index (χ1v) is 10.2. The van der Waals surface area contributed by atoms with Gasteiger partial charge in [-0.2, -0.15) is 4.98 Å². The minimum atomic E-state index is -3.92. The number of pyridine rings is 1. The summed E-state index contributed by atoms with van der Waals surface area (Å²) in [6.07, 6.45) is 3.08. The van der Waals surface area contributed by atoms with Gasteiger partial charge in [0.05, 0.1) is 17.7 Å². The largest absolute Gasteiger partial charge is 0.478 e. The molecule has 1 aromatic carbocycles. The van der Waals surface area contributed by atoms with Crippen LogP contribution in [0.2, 0.25) is 0 Å². The highest BCUT2D eigenvalue weighted by Crippen LogP contribution is 2.34. The number of nitrogens with zero attached hydrogens (tertiary/aromatic N) is 3. The first kappa shape index (κ1) is 19.4. The zero-order chi connectivity index (χ0) is 21.3. The van der Waals surface area contributed by atoms with Gasteiger partial charge in [-0.3, -0.25) is 9.71 Å². The van der Waals surface area contributed by atoms with Crippen molar-refractivity contribution in [2.45, 2.75) is 11.8 Å². The van der Waals surface area contributed by atoms with Crippen molar-refractivity contribution in [2.24, 2.45) is 5.73 Å². The molecule has 4 aromatic rings. The maximum atomic E-state index is 12.8. The molecule has 0 spiro atoms. The average molecular weight is 428 g/mol. The van der Waals surface area contributed by atoms with E-state index in [9.17, 15) is 13.2 Å². The van der Waals surface area contributed by atoms with Crippen molar-refractivity contribution in [3.05, 3.63) is 42.9 Å². The van der Waals surface area contributed by atoms with E-state index in [2.05, 4.69) is 24.7 Å². The van der Waals surface area contributed by atoms with Crippen LogP contribution in [0.15, 0.2) is 47.8 Å². The van der Waals surface area contributed by atoms with Gasteiger partial charge in [-0.15, -0.1) is 0 Å². The SMILES string of the molecule is CCOc1cc2c([nH]c3ccc(S(=O)(=O)Nc4cnccn4)cc32)c(OC(N)=O)n1. The van der Waals surface area contributed by atoms with E-state index in [1.165, 1.54) is 30.7 Å². The molecular formula is C18H16N6O5S. The van der Waals surface area contributed by atoms with Crippen molar-refractivity contribution in [3.63, 3.8) is 0 Å². The molecule has 3 heterocycles. The number of anilines is 1. The molecule has 0 unspecified atom stereocenters. The standard InChI is InChI=1S/C18H16N6O5S/c1-2-28-15-8-12-11-7-10(30(26,27)24-14-9-20-5-6-21-14)3-4-13(11)22-16(12)17(23-15)29-18(19)25/h3-9,22H,2H2,1H3,(H2,19,25)(H,21,24). The summed E-state index contributed by atoms with van der Waals surface area (Å²) in [7, 11) is -3.92. The Kier molecular flexibility index (Phi) is 4.83. The molecule has 154 valence electrons. The maximum Gasteiger partial charge on any atom is 0.411 e. The maximum absolute atomic E-state index is 12.8. The lowest BCUT2D eigenvalue weighted by molar-refractivity contribution is 0.209. The number of benzene rings is 1. The molecule has 3 aromatic heterocycles. The number of nitrogens with two attached hydrogens (primary N) is 1. The molecule has 12 heteroatoms. The number of carbonyl (C=O) groups is 1. The third-order valence-corrected chi connectivity index (χ3v) is 5.46. The molecule has 11 nitrogen and oxygen atoms in total. The van der Waals surface area contributed by atoms with Gasteiger partial charge >= 0.3 is 6.09 Å². The number of ether oxygens (including phenoxy) is 2. The lowest BCUT2D eigenvalue weighted by Crippen LogP contribution is -2.17. The van der Waals surface area contributed by atoms with Gasteiger partial charge in [-0.1, -0.05) is 0 Å². The number of H-pyrrole nitrogens is 1. The first-order chi connectivity index (χ1) is 14.4. The number of nitrogens with one attached hydrogen (secondary N) is 2. The van der Waals surface area contributed by atoms with Crippen molar-refractivity contribution in [1.82, 2.24) is 19.9 Å². The molecule has 0 saturated carbocycles. The molecule has 0 bridgehead atoms. The molecule has 4 N–H and O–H groups in total. The number of hydrogen-bond acceptors (Lipinski definition) is 8. The normalized spacial score (nSPS) is 11.5. The fraction of sp³-hybridized carbons (Fsp3) is 0.111. The lowest BCUT2D eigenvalue weighted by Gasteiger charge is -2.07. The zero-order valence-corrected chi connectivity index (χ0v) is 16.4. The van der Waals surface area contributed by atoms with Crippen molar-refractivity contribution < 1.29 is 22.7 Å². The Balaban J connectivity index is 1.86. The number of aromatic nitrogens is 4. The second-order valence-corrected chi connectivity index (χ2v) is 7.75.